The van der Waals surface area contributed by atoms with Crippen LogP contribution in [-0.4, -0.2) is 99.6 Å². The number of halogens is 1. The molecule has 5 heterocycles. The number of amides is 3. The fourth-order valence-electron chi connectivity index (χ4n) is 11.2. The van der Waals surface area contributed by atoms with Crippen molar-refractivity contribution in [1.82, 2.24) is 20.5 Å². The molecule has 14 nitrogen and oxygen atoms in total. The lowest BCUT2D eigenvalue weighted by Gasteiger charge is -2.39. The summed E-state index contributed by atoms with van der Waals surface area (Å²) in [7, 11) is 1.98. The van der Waals surface area contributed by atoms with E-state index in [2.05, 4.69) is 42.5 Å². The number of aryl methyl sites for hydroxylation is 2. The third-order valence-electron chi connectivity index (χ3n) is 14.9. The van der Waals surface area contributed by atoms with Gasteiger partial charge in [0.05, 0.1) is 23.2 Å². The molecule has 70 heavy (non-hydrogen) atoms. The van der Waals surface area contributed by atoms with Crippen molar-refractivity contribution in [1.29, 1.82) is 0 Å². The average Bonchev–Trinajstić information content (AvgIpc) is 3.37. The summed E-state index contributed by atoms with van der Waals surface area (Å²) < 4.78 is 9.67. The van der Waals surface area contributed by atoms with Gasteiger partial charge in [0.1, 0.15) is 24.6 Å². The van der Waals surface area contributed by atoms with E-state index in [1.54, 1.807) is 6.07 Å². The predicted octanol–water partition coefficient (Wildman–Crippen LogP) is 4.65. The normalized spacial score (nSPS) is 16.1. The van der Waals surface area contributed by atoms with Crippen molar-refractivity contribution in [3.05, 3.63) is 115 Å². The van der Waals surface area contributed by atoms with Crippen LogP contribution in [-0.2, 0) is 41.8 Å². The zero-order valence-corrected chi connectivity index (χ0v) is 41.2. The molecular formula is C55H68ClN8O6+. The molecule has 4 aromatic carbocycles. The van der Waals surface area contributed by atoms with E-state index in [0.717, 1.165) is 123 Å². The van der Waals surface area contributed by atoms with Gasteiger partial charge in [0.2, 0.25) is 17.2 Å². The number of fused-ring (bicyclic) bond motifs is 4. The van der Waals surface area contributed by atoms with Gasteiger partial charge in [-0.1, -0.05) is 18.2 Å². The van der Waals surface area contributed by atoms with Crippen LogP contribution in [0.15, 0.2) is 54.6 Å². The Labute approximate surface area is 415 Å². The van der Waals surface area contributed by atoms with Crippen LogP contribution in [0.25, 0.3) is 5.57 Å². The molecule has 9 rings (SSSR count). The Hall–Kier alpha value is -5.96. The molecule has 2 atom stereocenters. The zero-order chi connectivity index (χ0) is 48.9. The highest BCUT2D eigenvalue weighted by Gasteiger charge is 2.36. The van der Waals surface area contributed by atoms with Crippen LogP contribution in [0.4, 0.5) is 11.4 Å². The van der Waals surface area contributed by atoms with Crippen molar-refractivity contribution in [3.8, 4) is 11.5 Å². The fraction of sp³-hybridized carbons (Fsp3) is 0.473. The van der Waals surface area contributed by atoms with Gasteiger partial charge in [0.25, 0.3) is 5.91 Å². The lowest BCUT2D eigenvalue weighted by Crippen LogP contribution is -2.45. The quantitative estimate of drug-likeness (QED) is 0.0363. The molecule has 0 spiro atoms. The van der Waals surface area contributed by atoms with Gasteiger partial charge in [-0.05, 0) is 130 Å². The molecule has 5 aliphatic rings. The number of alkyl halides is 1. The molecule has 5 aliphatic heterocycles. The lowest BCUT2D eigenvalue weighted by molar-refractivity contribution is -0.123. The number of nitrogens with two attached hydrogens (primary N) is 2. The van der Waals surface area contributed by atoms with Gasteiger partial charge in [-0.2, -0.15) is 0 Å². The molecule has 8 N–H and O–H groups in total. The highest BCUT2D eigenvalue weighted by molar-refractivity contribution is 6.18. The molecule has 370 valence electrons. The maximum absolute atomic E-state index is 13.6. The van der Waals surface area contributed by atoms with Crippen LogP contribution in [0.5, 0.6) is 11.5 Å². The number of carbonyl (C=O) groups excluding carboxylic acids is 3. The van der Waals surface area contributed by atoms with E-state index in [1.807, 2.05) is 37.4 Å². The number of anilines is 2. The minimum atomic E-state index is -1.10. The van der Waals surface area contributed by atoms with Crippen molar-refractivity contribution in [2.24, 2.45) is 11.5 Å². The van der Waals surface area contributed by atoms with Gasteiger partial charge in [-0.3, -0.25) is 14.4 Å². The number of rotatable bonds is 20. The first-order valence-corrected chi connectivity index (χ1v) is 26.1. The fourth-order valence-corrected chi connectivity index (χ4v) is 11.5. The second-order valence-corrected chi connectivity index (χ2v) is 20.0. The lowest BCUT2D eigenvalue weighted by atomic mass is 9.81. The number of benzene rings is 4. The largest absolute Gasteiger partial charge is 0.478 e. The number of nitrogens with one attached hydrogen (secondary N) is 3. The number of carboxylic acids is 1. The first-order valence-electron chi connectivity index (χ1n) is 25.5. The Morgan fingerprint density at radius 1 is 0.771 bits per heavy atom. The third kappa shape index (κ3) is 10.4. The molecule has 15 heteroatoms. The number of hydrogen-bond donors (Lipinski definition) is 6. The Morgan fingerprint density at radius 3 is 2.17 bits per heavy atom. The molecular weight excluding hydrogens is 904 g/mol. The summed E-state index contributed by atoms with van der Waals surface area (Å²) in [5.74, 6) is 0.334. The second kappa shape index (κ2) is 22.0. The maximum Gasteiger partial charge on any atom is 0.336 e. The molecule has 3 amide bonds. The molecule has 2 unspecified atom stereocenters. The van der Waals surface area contributed by atoms with Gasteiger partial charge < -0.3 is 47.1 Å². The number of carboxylic acid groups (broad SMARTS) is 1. The van der Waals surface area contributed by atoms with E-state index >= 15 is 0 Å². The number of aromatic carboxylic acids is 1. The van der Waals surface area contributed by atoms with E-state index in [1.165, 1.54) is 39.4 Å². The first-order chi connectivity index (χ1) is 34.0. The number of nitrogens with zero attached hydrogens (tertiary/aromatic N) is 3. The van der Waals surface area contributed by atoms with Gasteiger partial charge in [0.15, 0.2) is 0 Å². The Kier molecular flexibility index (Phi) is 15.4. The standard InChI is InChI=1S/C55H67ClN8O6/c1-62(29-22-56)38-19-16-34(17-20-38)33-61-54(67)46(58)15-3-5-24-60-53(66)45(57)14-2-4-23-59-52(65)37-18-21-39(42(32-37)55(68)69)47-43-30-35-10-6-25-63-27-8-12-40(48(35)63)50(43)70-51-41-13-9-28-64-26-7-11-36(49(41)64)31-44(47)51/h16-21,30-32,45-46H,2-15,22-29,33,57-58H2,1H3,(H3-,59,60,61,65,66,67,68,69)/p+1. The first kappa shape index (κ1) is 49.0. The monoisotopic (exact) mass is 971 g/mol. The Morgan fingerprint density at radius 2 is 1.44 bits per heavy atom. The van der Waals surface area contributed by atoms with Crippen LogP contribution in [0, 0.1) is 0 Å². The van der Waals surface area contributed by atoms with Gasteiger partial charge in [0, 0.05) is 109 Å². The topological polar surface area (TPSA) is 195 Å². The third-order valence-corrected chi connectivity index (χ3v) is 15.0. The summed E-state index contributed by atoms with van der Waals surface area (Å²) in [6, 6.07) is 16.2. The minimum Gasteiger partial charge on any atom is -0.478 e. The van der Waals surface area contributed by atoms with Crippen LogP contribution in [0.2, 0.25) is 0 Å². The molecule has 0 aromatic heterocycles. The summed E-state index contributed by atoms with van der Waals surface area (Å²) in [6.07, 6.45) is 11.4. The van der Waals surface area contributed by atoms with E-state index < -0.39 is 18.1 Å². The Bertz CT molecular complexity index is 2790. The van der Waals surface area contributed by atoms with Crippen LogP contribution < -0.4 is 57.1 Å². The highest BCUT2D eigenvalue weighted by Crippen LogP contribution is 2.49. The van der Waals surface area contributed by atoms with E-state index in [0.29, 0.717) is 69.6 Å². The predicted molar refractivity (Wildman–Crippen MR) is 275 cm³/mol. The Balaban J connectivity index is 0.789. The molecule has 0 aliphatic carbocycles. The maximum atomic E-state index is 13.6. The molecule has 0 saturated carbocycles. The van der Waals surface area contributed by atoms with E-state index in [9.17, 15) is 24.3 Å². The minimum absolute atomic E-state index is 0.0771. The summed E-state index contributed by atoms with van der Waals surface area (Å²) in [5, 5.41) is 21.8. The smallest absolute Gasteiger partial charge is 0.336 e. The number of hydrogen-bond acceptors (Lipinski definition) is 9. The van der Waals surface area contributed by atoms with E-state index in [-0.39, 0.29) is 28.8 Å². The van der Waals surface area contributed by atoms with E-state index in [4.69, 9.17) is 27.8 Å². The SMILES string of the molecule is CN(CCCl)c1ccc(CNC(=O)C(N)CCCCNC(=O)C(N)CCCCNC(=O)c2ccc(C3=c4cc5c6c(c4Oc4c3cc3c7c4CCCN7CCC3)CCC[N+]=6CCC5)c(C(=O)O)c2)cc1. The van der Waals surface area contributed by atoms with Crippen LogP contribution in [0.1, 0.15) is 124 Å². The van der Waals surface area contributed by atoms with Crippen LogP contribution >= 0.6 is 11.6 Å². The van der Waals surface area contributed by atoms with Gasteiger partial charge in [-0.15, -0.1) is 11.6 Å². The van der Waals surface area contributed by atoms with Gasteiger partial charge in [-0.25, -0.2) is 9.37 Å². The molecule has 0 fully saturated rings. The highest BCUT2D eigenvalue weighted by atomic mass is 35.5. The average molecular weight is 973 g/mol. The summed E-state index contributed by atoms with van der Waals surface area (Å²) in [5.41, 5.74) is 23.5. The van der Waals surface area contributed by atoms with Crippen molar-refractivity contribution in [3.63, 3.8) is 0 Å². The number of carbonyl (C=O) groups is 4. The number of ether oxygens (including phenoxy) is 1. The van der Waals surface area contributed by atoms with Crippen molar-refractivity contribution in [2.45, 2.75) is 109 Å². The van der Waals surface area contributed by atoms with Crippen molar-refractivity contribution >= 4 is 52.2 Å². The molecule has 0 saturated heterocycles. The second-order valence-electron chi connectivity index (χ2n) is 19.7. The molecule has 4 aromatic rings. The van der Waals surface area contributed by atoms with Crippen molar-refractivity contribution < 1.29 is 29.0 Å². The number of unbranched alkanes of at least 4 members (excludes halogenated alkanes) is 2. The zero-order valence-electron chi connectivity index (χ0n) is 40.5. The van der Waals surface area contributed by atoms with Crippen molar-refractivity contribution in [2.75, 3.05) is 68.5 Å². The molecule has 0 radical (unpaired) electrons. The summed E-state index contributed by atoms with van der Waals surface area (Å²) >= 11 is 5.84. The molecule has 0 bridgehead atoms. The summed E-state index contributed by atoms with van der Waals surface area (Å²) in [6.45, 7) is 6.04. The van der Waals surface area contributed by atoms with Crippen LogP contribution in [0.3, 0.4) is 0 Å². The summed E-state index contributed by atoms with van der Waals surface area (Å²) in [4.78, 5) is 56.8. The van der Waals surface area contributed by atoms with Gasteiger partial charge >= 0.3 is 5.97 Å².